The van der Waals surface area contributed by atoms with E-state index in [9.17, 15) is 16.8 Å². The van der Waals surface area contributed by atoms with Gasteiger partial charge in [0.15, 0.2) is 0 Å². The number of benzene rings is 1. The molecule has 9 heteroatoms. The quantitative estimate of drug-likeness (QED) is 0.750. The fraction of sp³-hybridized carbons (Fsp3) is 0.333. The third-order valence-electron chi connectivity index (χ3n) is 3.44. The zero-order chi connectivity index (χ0) is 17.8. The number of hydrogen-bond acceptors (Lipinski definition) is 5. The number of sulfonamides is 2. The number of rotatable bonds is 8. The molecule has 0 aliphatic heterocycles. The van der Waals surface area contributed by atoms with Crippen LogP contribution in [-0.4, -0.2) is 36.2 Å². The average Bonchev–Trinajstić information content (AvgIpc) is 3.04. The van der Waals surface area contributed by atoms with Gasteiger partial charge in [-0.1, -0.05) is 25.1 Å². The molecule has 1 aromatic carbocycles. The summed E-state index contributed by atoms with van der Waals surface area (Å²) in [4.78, 5) is 0.965. The zero-order valence-electron chi connectivity index (χ0n) is 13.5. The number of para-hydroxylation sites is 1. The van der Waals surface area contributed by atoms with Gasteiger partial charge >= 0.3 is 0 Å². The first-order valence-corrected chi connectivity index (χ1v) is 11.3. The molecule has 6 nitrogen and oxygen atoms in total. The summed E-state index contributed by atoms with van der Waals surface area (Å²) in [5.41, 5.74) is 0.534. The van der Waals surface area contributed by atoms with Crippen LogP contribution in [0.3, 0.4) is 0 Å². The van der Waals surface area contributed by atoms with E-state index < -0.39 is 20.0 Å². The molecule has 24 heavy (non-hydrogen) atoms. The van der Waals surface area contributed by atoms with Gasteiger partial charge in [-0.3, -0.25) is 4.31 Å². The molecule has 0 saturated heterocycles. The van der Waals surface area contributed by atoms with Crippen LogP contribution >= 0.6 is 11.3 Å². The Labute approximate surface area is 147 Å². The molecule has 132 valence electrons. The first kappa shape index (κ1) is 18.9. The molecular weight excluding hydrogens is 368 g/mol. The van der Waals surface area contributed by atoms with Crippen LogP contribution in [-0.2, 0) is 26.5 Å². The Morgan fingerprint density at radius 1 is 1.04 bits per heavy atom. The van der Waals surface area contributed by atoms with Crippen molar-refractivity contribution in [3.05, 3.63) is 47.3 Å². The van der Waals surface area contributed by atoms with Crippen LogP contribution in [0, 0.1) is 0 Å². The van der Waals surface area contributed by atoms with Crippen molar-refractivity contribution in [1.29, 1.82) is 0 Å². The summed E-state index contributed by atoms with van der Waals surface area (Å²) in [5, 5.41) is 0. The van der Waals surface area contributed by atoms with E-state index in [0.717, 1.165) is 15.6 Å². The Kier molecular flexibility index (Phi) is 6.02. The molecule has 0 aliphatic rings. The summed E-state index contributed by atoms with van der Waals surface area (Å²) < 4.78 is 52.7. The fourth-order valence-electron chi connectivity index (χ4n) is 2.00. The SMILES string of the molecule is CCc1ccc(S(=O)(=O)NCCS(=O)(=O)N(C)c2ccccc2)s1. The van der Waals surface area contributed by atoms with Gasteiger partial charge in [0, 0.05) is 18.5 Å². The number of anilines is 1. The van der Waals surface area contributed by atoms with Crippen molar-refractivity contribution in [3.63, 3.8) is 0 Å². The van der Waals surface area contributed by atoms with Crippen molar-refractivity contribution >= 4 is 37.1 Å². The van der Waals surface area contributed by atoms with E-state index in [4.69, 9.17) is 0 Å². The van der Waals surface area contributed by atoms with Gasteiger partial charge in [0.1, 0.15) is 4.21 Å². The van der Waals surface area contributed by atoms with Crippen LogP contribution in [0.15, 0.2) is 46.7 Å². The third-order valence-corrected chi connectivity index (χ3v) is 8.39. The highest BCUT2D eigenvalue weighted by Gasteiger charge is 2.21. The van der Waals surface area contributed by atoms with Crippen molar-refractivity contribution in [2.45, 2.75) is 17.6 Å². The van der Waals surface area contributed by atoms with E-state index in [1.807, 2.05) is 6.92 Å². The second-order valence-corrected chi connectivity index (χ2v) is 10.4. The predicted molar refractivity (Wildman–Crippen MR) is 97.5 cm³/mol. The van der Waals surface area contributed by atoms with Crippen LogP contribution in [0.4, 0.5) is 5.69 Å². The summed E-state index contributed by atoms with van der Waals surface area (Å²) in [6, 6.07) is 11.9. The van der Waals surface area contributed by atoms with Crippen molar-refractivity contribution in [2.24, 2.45) is 0 Å². The number of hydrogen-bond donors (Lipinski definition) is 1. The Morgan fingerprint density at radius 2 is 1.71 bits per heavy atom. The molecule has 1 heterocycles. The van der Waals surface area contributed by atoms with E-state index in [1.165, 1.54) is 24.5 Å². The molecule has 2 rings (SSSR count). The predicted octanol–water partition coefficient (Wildman–Crippen LogP) is 2.05. The summed E-state index contributed by atoms with van der Waals surface area (Å²) in [6.45, 7) is 1.77. The van der Waals surface area contributed by atoms with E-state index in [2.05, 4.69) is 4.72 Å². The zero-order valence-corrected chi connectivity index (χ0v) is 15.9. The topological polar surface area (TPSA) is 83.5 Å². The lowest BCUT2D eigenvalue weighted by molar-refractivity contribution is 0.582. The van der Waals surface area contributed by atoms with Crippen LogP contribution in [0.5, 0.6) is 0 Å². The molecule has 0 bridgehead atoms. The van der Waals surface area contributed by atoms with Gasteiger partial charge in [-0.2, -0.15) is 0 Å². The smallest absolute Gasteiger partial charge is 0.250 e. The summed E-state index contributed by atoms with van der Waals surface area (Å²) >= 11 is 1.19. The van der Waals surface area contributed by atoms with Crippen molar-refractivity contribution in [2.75, 3.05) is 23.7 Å². The van der Waals surface area contributed by atoms with Gasteiger partial charge in [0.25, 0.3) is 0 Å². The minimum absolute atomic E-state index is 0.179. The summed E-state index contributed by atoms with van der Waals surface area (Å²) in [7, 11) is -5.83. The maximum atomic E-state index is 12.3. The lowest BCUT2D eigenvalue weighted by Gasteiger charge is -2.19. The summed E-state index contributed by atoms with van der Waals surface area (Å²) in [5.74, 6) is -0.316. The molecule has 1 aromatic heterocycles. The van der Waals surface area contributed by atoms with Crippen LogP contribution in [0.25, 0.3) is 0 Å². The molecule has 0 saturated carbocycles. The second-order valence-electron chi connectivity index (χ2n) is 5.09. The van der Waals surface area contributed by atoms with Crippen LogP contribution in [0.1, 0.15) is 11.8 Å². The monoisotopic (exact) mass is 388 g/mol. The van der Waals surface area contributed by atoms with Gasteiger partial charge in [0.2, 0.25) is 20.0 Å². The summed E-state index contributed by atoms with van der Waals surface area (Å²) in [6.07, 6.45) is 0.760. The van der Waals surface area contributed by atoms with Crippen LogP contribution in [0.2, 0.25) is 0 Å². The van der Waals surface area contributed by atoms with Gasteiger partial charge in [-0.15, -0.1) is 11.3 Å². The highest BCUT2D eigenvalue weighted by Crippen LogP contribution is 2.21. The largest absolute Gasteiger partial charge is 0.273 e. The molecule has 0 atom stereocenters. The normalized spacial score (nSPS) is 12.2. The number of aryl methyl sites for hydroxylation is 1. The molecule has 2 aromatic rings. The number of thiophene rings is 1. The van der Waals surface area contributed by atoms with E-state index in [1.54, 1.807) is 36.4 Å². The first-order chi connectivity index (χ1) is 11.3. The third kappa shape index (κ3) is 4.56. The van der Waals surface area contributed by atoms with Gasteiger partial charge in [0.05, 0.1) is 11.4 Å². The number of nitrogens with zero attached hydrogens (tertiary/aromatic N) is 1. The molecule has 0 fully saturated rings. The van der Waals surface area contributed by atoms with Gasteiger partial charge in [-0.25, -0.2) is 21.6 Å². The molecule has 0 spiro atoms. The van der Waals surface area contributed by atoms with Crippen LogP contribution < -0.4 is 9.03 Å². The van der Waals surface area contributed by atoms with E-state index >= 15 is 0 Å². The van der Waals surface area contributed by atoms with E-state index in [-0.39, 0.29) is 16.5 Å². The van der Waals surface area contributed by atoms with Gasteiger partial charge < -0.3 is 0 Å². The minimum atomic E-state index is -3.68. The molecule has 0 aliphatic carbocycles. The fourth-order valence-corrected chi connectivity index (χ4v) is 5.58. The highest BCUT2D eigenvalue weighted by molar-refractivity contribution is 7.93. The Bertz CT molecular complexity index is 874. The van der Waals surface area contributed by atoms with Crippen molar-refractivity contribution in [3.8, 4) is 0 Å². The Hall–Kier alpha value is -1.42. The molecule has 1 N–H and O–H groups in total. The molecule has 0 radical (unpaired) electrons. The van der Waals surface area contributed by atoms with Gasteiger partial charge in [-0.05, 0) is 30.7 Å². The Morgan fingerprint density at radius 3 is 2.29 bits per heavy atom. The maximum Gasteiger partial charge on any atom is 0.250 e. The van der Waals surface area contributed by atoms with Crippen molar-refractivity contribution < 1.29 is 16.8 Å². The lowest BCUT2D eigenvalue weighted by atomic mass is 10.3. The molecule has 0 amide bonds. The first-order valence-electron chi connectivity index (χ1n) is 7.36. The average molecular weight is 389 g/mol. The Balaban J connectivity index is 2.00. The highest BCUT2D eigenvalue weighted by atomic mass is 32.2. The maximum absolute atomic E-state index is 12.3. The lowest BCUT2D eigenvalue weighted by Crippen LogP contribution is -2.35. The van der Waals surface area contributed by atoms with Crippen molar-refractivity contribution in [1.82, 2.24) is 4.72 Å². The minimum Gasteiger partial charge on any atom is -0.273 e. The number of nitrogens with one attached hydrogen (secondary N) is 1. The molecule has 0 unspecified atom stereocenters. The standard InChI is InChI=1S/C15H20N2O4S3/c1-3-14-9-10-15(22-14)24(20,21)16-11-12-23(18,19)17(2)13-7-5-4-6-8-13/h4-10,16H,3,11-12H2,1-2H3. The second kappa shape index (κ2) is 7.64. The molecular formula is C15H20N2O4S3. The van der Waals surface area contributed by atoms with E-state index in [0.29, 0.717) is 5.69 Å².